The van der Waals surface area contributed by atoms with Crippen molar-refractivity contribution in [3.05, 3.63) is 65.2 Å². The van der Waals surface area contributed by atoms with Crippen molar-refractivity contribution in [3.63, 3.8) is 0 Å². The summed E-state index contributed by atoms with van der Waals surface area (Å²) in [6.07, 6.45) is -1.56. The predicted octanol–water partition coefficient (Wildman–Crippen LogP) is 4.42. The van der Waals surface area contributed by atoms with Crippen LogP contribution >= 0.6 is 0 Å². The van der Waals surface area contributed by atoms with Crippen LogP contribution in [0.25, 0.3) is 0 Å². The van der Waals surface area contributed by atoms with Gasteiger partial charge in [-0.05, 0) is 61.5 Å². The molecule has 1 amide bonds. The molecule has 7 heteroatoms. The van der Waals surface area contributed by atoms with E-state index >= 15 is 0 Å². The van der Waals surface area contributed by atoms with Crippen molar-refractivity contribution < 1.29 is 22.7 Å². The van der Waals surface area contributed by atoms with Crippen LogP contribution in [0.4, 0.5) is 13.2 Å². The van der Waals surface area contributed by atoms with Crippen molar-refractivity contribution in [2.75, 3.05) is 33.2 Å². The summed E-state index contributed by atoms with van der Waals surface area (Å²) in [6.45, 7) is 3.25. The number of hydrogen-bond acceptors (Lipinski definition) is 3. The number of carbonyl (C=O) groups excluding carboxylic acids is 1. The fourth-order valence-corrected chi connectivity index (χ4v) is 4.63. The summed E-state index contributed by atoms with van der Waals surface area (Å²) in [4.78, 5) is 16.9. The minimum Gasteiger partial charge on any atom is -0.480 e. The molecule has 2 aliphatic heterocycles. The normalized spacial score (nSPS) is 19.4. The van der Waals surface area contributed by atoms with Gasteiger partial charge in [-0.25, -0.2) is 0 Å². The average molecular weight is 447 g/mol. The van der Waals surface area contributed by atoms with E-state index in [0.717, 1.165) is 49.9 Å². The Morgan fingerprint density at radius 1 is 1.12 bits per heavy atom. The minimum absolute atomic E-state index is 0.0215. The third-order valence-corrected chi connectivity index (χ3v) is 6.51. The number of alkyl halides is 3. The molecule has 1 atom stereocenters. The summed E-state index contributed by atoms with van der Waals surface area (Å²) in [5, 5.41) is 0. The summed E-state index contributed by atoms with van der Waals surface area (Å²) in [5.74, 6) is 1.25. The zero-order valence-corrected chi connectivity index (χ0v) is 18.3. The molecular formula is C25H29F3N2O2. The van der Waals surface area contributed by atoms with Crippen LogP contribution in [0, 0.1) is 5.92 Å². The second kappa shape index (κ2) is 9.53. The smallest absolute Gasteiger partial charge is 0.416 e. The van der Waals surface area contributed by atoms with Crippen LogP contribution in [-0.2, 0) is 23.8 Å². The van der Waals surface area contributed by atoms with Crippen LogP contribution in [0.1, 0.15) is 29.5 Å². The molecular weight excluding hydrogens is 417 g/mol. The molecule has 1 fully saturated rings. The Labute approximate surface area is 187 Å². The second-order valence-corrected chi connectivity index (χ2v) is 8.87. The summed E-state index contributed by atoms with van der Waals surface area (Å²) in [7, 11) is 1.84. The maximum absolute atomic E-state index is 12.9. The van der Waals surface area contributed by atoms with E-state index in [1.54, 1.807) is 11.0 Å². The summed E-state index contributed by atoms with van der Waals surface area (Å²) < 4.78 is 44.5. The van der Waals surface area contributed by atoms with E-state index in [0.29, 0.717) is 30.9 Å². The lowest BCUT2D eigenvalue weighted by Crippen LogP contribution is -2.44. The number of amides is 1. The van der Waals surface area contributed by atoms with E-state index in [-0.39, 0.29) is 5.91 Å². The number of fused-ring (bicyclic) bond motifs is 1. The molecule has 0 saturated carbocycles. The molecule has 2 heterocycles. The Morgan fingerprint density at radius 3 is 2.59 bits per heavy atom. The summed E-state index contributed by atoms with van der Waals surface area (Å²) >= 11 is 0. The van der Waals surface area contributed by atoms with Crippen molar-refractivity contribution in [1.82, 2.24) is 9.80 Å². The Kier molecular flexibility index (Phi) is 6.74. The molecule has 0 aromatic heterocycles. The SMILES string of the molecule is CN(CC1CCN(CCc2cccc(C(F)(F)F)c2)CC1)C(=O)C1Cc2ccccc2O1. The van der Waals surface area contributed by atoms with E-state index in [1.165, 1.54) is 12.1 Å². The fourth-order valence-electron chi connectivity index (χ4n) is 4.63. The molecule has 1 saturated heterocycles. The van der Waals surface area contributed by atoms with Gasteiger partial charge in [0.15, 0.2) is 6.10 Å². The maximum atomic E-state index is 12.9. The highest BCUT2D eigenvalue weighted by Gasteiger charge is 2.32. The zero-order valence-electron chi connectivity index (χ0n) is 18.3. The average Bonchev–Trinajstić information content (AvgIpc) is 3.22. The molecule has 0 aliphatic carbocycles. The molecule has 172 valence electrons. The lowest BCUT2D eigenvalue weighted by molar-refractivity contribution is -0.138. The van der Waals surface area contributed by atoms with Crippen LogP contribution in [0.3, 0.4) is 0 Å². The number of nitrogens with zero attached hydrogens (tertiary/aromatic N) is 2. The van der Waals surface area contributed by atoms with Crippen LogP contribution in [-0.4, -0.2) is 55.0 Å². The van der Waals surface area contributed by atoms with Gasteiger partial charge in [-0.2, -0.15) is 13.2 Å². The van der Waals surface area contributed by atoms with Crippen LogP contribution in [0.2, 0.25) is 0 Å². The molecule has 0 spiro atoms. The van der Waals surface area contributed by atoms with Gasteiger partial charge >= 0.3 is 6.18 Å². The van der Waals surface area contributed by atoms with Crippen molar-refractivity contribution in [1.29, 1.82) is 0 Å². The van der Waals surface area contributed by atoms with E-state index in [9.17, 15) is 18.0 Å². The monoisotopic (exact) mass is 446 g/mol. The molecule has 1 unspecified atom stereocenters. The maximum Gasteiger partial charge on any atom is 0.416 e. The number of benzene rings is 2. The highest BCUT2D eigenvalue weighted by Crippen LogP contribution is 2.30. The third-order valence-electron chi connectivity index (χ3n) is 6.51. The second-order valence-electron chi connectivity index (χ2n) is 8.87. The first-order valence-corrected chi connectivity index (χ1v) is 11.2. The Bertz CT molecular complexity index is 914. The van der Waals surface area contributed by atoms with Gasteiger partial charge in [0.25, 0.3) is 5.91 Å². The minimum atomic E-state index is -4.30. The molecule has 2 aliphatic rings. The number of piperidine rings is 1. The van der Waals surface area contributed by atoms with Crippen molar-refractivity contribution in [2.24, 2.45) is 5.92 Å². The predicted molar refractivity (Wildman–Crippen MR) is 117 cm³/mol. The molecule has 0 N–H and O–H groups in total. The van der Waals surface area contributed by atoms with E-state index in [2.05, 4.69) is 4.90 Å². The van der Waals surface area contributed by atoms with Gasteiger partial charge < -0.3 is 14.5 Å². The van der Waals surface area contributed by atoms with E-state index in [1.807, 2.05) is 31.3 Å². The van der Waals surface area contributed by atoms with Gasteiger partial charge in [-0.1, -0.05) is 36.4 Å². The fraction of sp³-hybridized carbons (Fsp3) is 0.480. The molecule has 32 heavy (non-hydrogen) atoms. The molecule has 0 radical (unpaired) electrons. The summed E-state index contributed by atoms with van der Waals surface area (Å²) in [6, 6.07) is 13.4. The number of para-hydroxylation sites is 1. The topological polar surface area (TPSA) is 32.8 Å². The lowest BCUT2D eigenvalue weighted by Gasteiger charge is -2.34. The van der Waals surface area contributed by atoms with Gasteiger partial charge in [0.2, 0.25) is 0 Å². The standard InChI is InChI=1S/C25H29F3N2O2/c1-29(24(31)23-16-20-6-2-3-8-22(20)32-23)17-19-10-13-30(14-11-19)12-9-18-5-4-7-21(15-18)25(26,27)28/h2-8,15,19,23H,9-14,16-17H2,1H3. The molecule has 4 rings (SSSR count). The van der Waals surface area contributed by atoms with Crippen LogP contribution < -0.4 is 4.74 Å². The van der Waals surface area contributed by atoms with Gasteiger partial charge in [0.05, 0.1) is 5.56 Å². The van der Waals surface area contributed by atoms with E-state index in [4.69, 9.17) is 4.74 Å². The number of hydrogen-bond donors (Lipinski definition) is 0. The first-order valence-electron chi connectivity index (χ1n) is 11.2. The highest BCUT2D eigenvalue weighted by molar-refractivity contribution is 5.82. The quantitative estimate of drug-likeness (QED) is 0.659. The zero-order chi connectivity index (χ0) is 22.7. The Morgan fingerprint density at radius 2 is 1.88 bits per heavy atom. The van der Waals surface area contributed by atoms with Gasteiger partial charge in [-0.15, -0.1) is 0 Å². The molecule has 4 nitrogen and oxygen atoms in total. The Hall–Kier alpha value is -2.54. The van der Waals surface area contributed by atoms with E-state index < -0.39 is 17.8 Å². The number of ether oxygens (including phenoxy) is 1. The lowest BCUT2D eigenvalue weighted by atomic mass is 9.95. The number of likely N-dealkylation sites (tertiary alicyclic amines) is 1. The number of halogens is 3. The number of carbonyl (C=O) groups is 1. The molecule has 2 aromatic rings. The van der Waals surface area contributed by atoms with Crippen LogP contribution in [0.15, 0.2) is 48.5 Å². The van der Waals surface area contributed by atoms with Crippen molar-refractivity contribution in [2.45, 2.75) is 38.0 Å². The first kappa shape index (κ1) is 22.6. The van der Waals surface area contributed by atoms with Crippen molar-refractivity contribution >= 4 is 5.91 Å². The van der Waals surface area contributed by atoms with Crippen molar-refractivity contribution in [3.8, 4) is 5.75 Å². The first-order chi connectivity index (χ1) is 15.3. The van der Waals surface area contributed by atoms with Gasteiger partial charge in [-0.3, -0.25) is 4.79 Å². The number of likely N-dealkylation sites (N-methyl/N-ethyl adjacent to an activating group) is 1. The Balaban J connectivity index is 1.20. The van der Waals surface area contributed by atoms with Crippen LogP contribution in [0.5, 0.6) is 5.75 Å². The third kappa shape index (κ3) is 5.44. The largest absolute Gasteiger partial charge is 0.480 e. The number of rotatable bonds is 6. The highest BCUT2D eigenvalue weighted by atomic mass is 19.4. The molecule has 2 aromatic carbocycles. The van der Waals surface area contributed by atoms with Gasteiger partial charge in [0, 0.05) is 26.6 Å². The molecule has 0 bridgehead atoms. The summed E-state index contributed by atoms with van der Waals surface area (Å²) in [5.41, 5.74) is 1.20. The van der Waals surface area contributed by atoms with Gasteiger partial charge in [0.1, 0.15) is 5.75 Å².